The lowest BCUT2D eigenvalue weighted by atomic mass is 10.2. The van der Waals surface area contributed by atoms with E-state index in [0.717, 1.165) is 16.7 Å². The number of benzene rings is 2. The van der Waals surface area contributed by atoms with Crippen LogP contribution in [-0.2, 0) is 9.59 Å². The first-order valence-corrected chi connectivity index (χ1v) is 8.20. The van der Waals surface area contributed by atoms with Gasteiger partial charge < -0.3 is 5.32 Å². The molecule has 25 heavy (non-hydrogen) atoms. The second kappa shape index (κ2) is 7.31. The van der Waals surface area contributed by atoms with E-state index < -0.39 is 22.9 Å². The Balaban J connectivity index is 1.70. The van der Waals surface area contributed by atoms with E-state index in [1.54, 1.807) is 30.3 Å². The van der Waals surface area contributed by atoms with Gasteiger partial charge in [0.05, 0.1) is 4.91 Å². The first kappa shape index (κ1) is 16.9. The second-order valence-corrected chi connectivity index (χ2v) is 6.23. The fraction of sp³-hybridized carbons (Fsp3) is 0.0556. The van der Waals surface area contributed by atoms with Gasteiger partial charge in [-0.3, -0.25) is 19.3 Å². The molecule has 2 aromatic rings. The molecule has 0 bridgehead atoms. The number of nitrogens with one attached hydrogen (secondary N) is 1. The molecule has 0 radical (unpaired) electrons. The highest BCUT2D eigenvalue weighted by atomic mass is 32.2. The molecule has 0 aromatic heterocycles. The highest BCUT2D eigenvalue weighted by Gasteiger charge is 2.36. The van der Waals surface area contributed by atoms with E-state index >= 15 is 0 Å². The topological polar surface area (TPSA) is 66.5 Å². The average Bonchev–Trinajstić information content (AvgIpc) is 2.83. The predicted octanol–water partition coefficient (Wildman–Crippen LogP) is 3.50. The molecule has 1 aliphatic heterocycles. The van der Waals surface area contributed by atoms with Crippen LogP contribution in [0.5, 0.6) is 0 Å². The molecule has 1 fully saturated rings. The number of rotatable bonds is 4. The molecular weight excluding hydrogens is 343 g/mol. The monoisotopic (exact) mass is 356 g/mol. The van der Waals surface area contributed by atoms with Crippen molar-refractivity contribution >= 4 is 40.6 Å². The first-order chi connectivity index (χ1) is 12.0. The number of hydrogen-bond acceptors (Lipinski definition) is 4. The maximum absolute atomic E-state index is 13.2. The molecule has 1 N–H and O–H groups in total. The van der Waals surface area contributed by atoms with E-state index in [9.17, 15) is 18.8 Å². The molecule has 7 heteroatoms. The van der Waals surface area contributed by atoms with Gasteiger partial charge in [-0.1, -0.05) is 30.3 Å². The van der Waals surface area contributed by atoms with E-state index in [-0.39, 0.29) is 11.4 Å². The highest BCUT2D eigenvalue weighted by molar-refractivity contribution is 8.18. The van der Waals surface area contributed by atoms with Crippen LogP contribution in [0.25, 0.3) is 6.08 Å². The molecule has 0 spiro atoms. The number of amides is 3. The van der Waals surface area contributed by atoms with Gasteiger partial charge in [0.25, 0.3) is 11.1 Å². The third kappa shape index (κ3) is 4.13. The van der Waals surface area contributed by atoms with Crippen LogP contribution in [0.1, 0.15) is 5.56 Å². The molecule has 1 heterocycles. The Morgan fingerprint density at radius 3 is 2.60 bits per heavy atom. The molecule has 0 unspecified atom stereocenters. The highest BCUT2D eigenvalue weighted by Crippen LogP contribution is 2.32. The van der Waals surface area contributed by atoms with Crippen molar-refractivity contribution in [3.05, 3.63) is 70.9 Å². The zero-order valence-corrected chi connectivity index (χ0v) is 13.8. The molecule has 3 rings (SSSR count). The quantitative estimate of drug-likeness (QED) is 0.852. The number of hydrogen-bond donors (Lipinski definition) is 1. The number of carbonyl (C=O) groups is 3. The number of halogens is 1. The Kier molecular flexibility index (Phi) is 4.95. The summed E-state index contributed by atoms with van der Waals surface area (Å²) in [6.07, 6.45) is 1.43. The smallest absolute Gasteiger partial charge is 0.294 e. The van der Waals surface area contributed by atoms with Crippen molar-refractivity contribution in [1.29, 1.82) is 0 Å². The largest absolute Gasteiger partial charge is 0.325 e. The summed E-state index contributed by atoms with van der Waals surface area (Å²) in [7, 11) is 0. The van der Waals surface area contributed by atoms with Crippen LogP contribution in [0.15, 0.2) is 59.5 Å². The molecule has 2 aromatic carbocycles. The van der Waals surface area contributed by atoms with Crippen molar-refractivity contribution in [1.82, 2.24) is 4.90 Å². The van der Waals surface area contributed by atoms with Crippen LogP contribution in [0, 0.1) is 5.82 Å². The van der Waals surface area contributed by atoms with Crippen LogP contribution in [0.3, 0.4) is 0 Å². The van der Waals surface area contributed by atoms with Crippen molar-refractivity contribution in [2.24, 2.45) is 0 Å². The molecule has 126 valence electrons. The van der Waals surface area contributed by atoms with Crippen molar-refractivity contribution in [3.63, 3.8) is 0 Å². The lowest BCUT2D eigenvalue weighted by molar-refractivity contribution is -0.127. The van der Waals surface area contributed by atoms with Crippen molar-refractivity contribution in [3.8, 4) is 0 Å². The summed E-state index contributed by atoms with van der Waals surface area (Å²) in [6, 6.07) is 14.4. The predicted molar refractivity (Wildman–Crippen MR) is 94.1 cm³/mol. The summed E-state index contributed by atoms with van der Waals surface area (Å²) in [6.45, 7) is -0.375. The van der Waals surface area contributed by atoms with E-state index in [1.807, 2.05) is 6.07 Å². The third-order valence-corrected chi connectivity index (χ3v) is 4.29. The lowest BCUT2D eigenvalue weighted by Gasteiger charge is -2.12. The normalized spacial score (nSPS) is 15.7. The maximum Gasteiger partial charge on any atom is 0.294 e. The fourth-order valence-corrected chi connectivity index (χ4v) is 3.09. The Labute approximate surface area is 147 Å². The van der Waals surface area contributed by atoms with Crippen molar-refractivity contribution < 1.29 is 18.8 Å². The summed E-state index contributed by atoms with van der Waals surface area (Å²) in [5.74, 6) is -1.47. The van der Waals surface area contributed by atoms with Crippen LogP contribution in [0.2, 0.25) is 0 Å². The number of carbonyl (C=O) groups excluding carboxylic acids is 3. The molecule has 1 saturated heterocycles. The van der Waals surface area contributed by atoms with E-state index in [0.29, 0.717) is 11.3 Å². The SMILES string of the molecule is O=C(CN1C(=O)S/C(=C/c2cccc(F)c2)C1=O)Nc1ccccc1. The molecule has 3 amide bonds. The minimum atomic E-state index is -0.567. The number of imide groups is 1. The van der Waals surface area contributed by atoms with Crippen LogP contribution >= 0.6 is 11.8 Å². The summed E-state index contributed by atoms with van der Waals surface area (Å²) >= 11 is 0.727. The molecule has 1 aliphatic rings. The first-order valence-electron chi connectivity index (χ1n) is 7.39. The van der Waals surface area contributed by atoms with Crippen molar-refractivity contribution in [2.45, 2.75) is 0 Å². The number of para-hydroxylation sites is 1. The molecule has 0 atom stereocenters. The van der Waals surface area contributed by atoms with Gasteiger partial charge in [0, 0.05) is 5.69 Å². The number of thioether (sulfide) groups is 1. The summed E-state index contributed by atoms with van der Waals surface area (Å²) in [5, 5.41) is 2.09. The fourth-order valence-electron chi connectivity index (χ4n) is 2.25. The number of nitrogens with zero attached hydrogens (tertiary/aromatic N) is 1. The summed E-state index contributed by atoms with van der Waals surface area (Å²) < 4.78 is 13.2. The van der Waals surface area contributed by atoms with Crippen LogP contribution < -0.4 is 5.32 Å². The van der Waals surface area contributed by atoms with Crippen LogP contribution in [-0.4, -0.2) is 28.5 Å². The Morgan fingerprint density at radius 2 is 1.88 bits per heavy atom. The van der Waals surface area contributed by atoms with Gasteiger partial charge in [0.15, 0.2) is 0 Å². The van der Waals surface area contributed by atoms with Crippen LogP contribution in [0.4, 0.5) is 14.9 Å². The maximum atomic E-state index is 13.2. The summed E-state index contributed by atoms with van der Waals surface area (Å²) in [5.41, 5.74) is 1.05. The third-order valence-electron chi connectivity index (χ3n) is 3.38. The second-order valence-electron chi connectivity index (χ2n) is 5.24. The van der Waals surface area contributed by atoms with Gasteiger partial charge >= 0.3 is 0 Å². The van der Waals surface area contributed by atoms with E-state index in [1.165, 1.54) is 24.3 Å². The lowest BCUT2D eigenvalue weighted by Crippen LogP contribution is -2.36. The number of anilines is 1. The minimum Gasteiger partial charge on any atom is -0.325 e. The van der Waals surface area contributed by atoms with Gasteiger partial charge in [0.1, 0.15) is 12.4 Å². The van der Waals surface area contributed by atoms with Gasteiger partial charge in [-0.25, -0.2) is 4.39 Å². The zero-order valence-electron chi connectivity index (χ0n) is 12.9. The van der Waals surface area contributed by atoms with Crippen molar-refractivity contribution in [2.75, 3.05) is 11.9 Å². The zero-order chi connectivity index (χ0) is 17.8. The minimum absolute atomic E-state index is 0.156. The van der Waals surface area contributed by atoms with Gasteiger partial charge in [0.2, 0.25) is 5.91 Å². The van der Waals surface area contributed by atoms with Gasteiger partial charge in [-0.2, -0.15) is 0 Å². The average molecular weight is 356 g/mol. The standard InChI is InChI=1S/C18H13FN2O3S/c19-13-6-4-5-12(9-13)10-15-17(23)21(18(24)25-15)11-16(22)20-14-7-2-1-3-8-14/h1-10H,11H2,(H,20,22)/b15-10+. The van der Waals surface area contributed by atoms with E-state index in [2.05, 4.69) is 5.32 Å². The molecule has 0 aliphatic carbocycles. The Bertz CT molecular complexity index is 868. The Morgan fingerprint density at radius 1 is 1.12 bits per heavy atom. The molecule has 5 nitrogen and oxygen atoms in total. The Hall–Kier alpha value is -2.93. The molecular formula is C18H13FN2O3S. The van der Waals surface area contributed by atoms with Gasteiger partial charge in [-0.05, 0) is 47.7 Å². The summed E-state index contributed by atoms with van der Waals surface area (Å²) in [4.78, 5) is 37.4. The molecule has 0 saturated carbocycles. The van der Waals surface area contributed by atoms with Gasteiger partial charge in [-0.15, -0.1) is 0 Å². The van der Waals surface area contributed by atoms with E-state index in [4.69, 9.17) is 0 Å².